The molecule has 3 heterocycles. The molecular formula is C27H15NOS. The van der Waals surface area contributed by atoms with Gasteiger partial charge < -0.3 is 4.42 Å². The maximum atomic E-state index is 6.37. The van der Waals surface area contributed by atoms with Crippen molar-refractivity contribution in [3.8, 4) is 11.3 Å². The standard InChI is InChI=1S/C27H15NOS/c1-4-10-21-18(8-1)25-19-9-2-5-11-22(19)29-27(25)26(28-21)16-13-14-24-20(15-16)17-7-3-6-12-23(17)30-24/h1-15H. The van der Waals surface area contributed by atoms with Crippen LogP contribution in [-0.4, -0.2) is 4.98 Å². The molecule has 0 bridgehead atoms. The van der Waals surface area contributed by atoms with Crippen LogP contribution in [-0.2, 0) is 0 Å². The minimum atomic E-state index is 0.855. The van der Waals surface area contributed by atoms with Crippen molar-refractivity contribution in [2.45, 2.75) is 0 Å². The molecule has 0 aliphatic rings. The van der Waals surface area contributed by atoms with E-state index in [9.17, 15) is 0 Å². The lowest BCUT2D eigenvalue weighted by atomic mass is 10.0. The van der Waals surface area contributed by atoms with Crippen LogP contribution in [0.3, 0.4) is 0 Å². The topological polar surface area (TPSA) is 26.0 Å². The predicted octanol–water partition coefficient (Wildman–Crippen LogP) is 8.17. The minimum absolute atomic E-state index is 0.855. The van der Waals surface area contributed by atoms with Gasteiger partial charge in [-0.25, -0.2) is 4.98 Å². The molecule has 0 N–H and O–H groups in total. The summed E-state index contributed by atoms with van der Waals surface area (Å²) in [5.41, 5.74) is 4.72. The zero-order valence-electron chi connectivity index (χ0n) is 15.9. The van der Waals surface area contributed by atoms with Crippen molar-refractivity contribution >= 4 is 64.4 Å². The van der Waals surface area contributed by atoms with E-state index in [1.54, 1.807) is 0 Å². The molecule has 0 amide bonds. The molecule has 0 radical (unpaired) electrons. The van der Waals surface area contributed by atoms with Crippen molar-refractivity contribution in [2.75, 3.05) is 0 Å². The number of benzene rings is 4. The SMILES string of the molecule is c1ccc2c(c1)nc(-c1ccc3sc4ccccc4c3c1)c1oc3ccccc3c12. The Morgan fingerprint density at radius 3 is 2.30 bits per heavy atom. The quantitative estimate of drug-likeness (QED) is 0.277. The number of hydrogen-bond acceptors (Lipinski definition) is 3. The van der Waals surface area contributed by atoms with E-state index in [0.717, 1.165) is 44.1 Å². The average molecular weight is 401 g/mol. The molecule has 0 spiro atoms. The Bertz CT molecular complexity index is 1760. The van der Waals surface area contributed by atoms with Crippen LogP contribution < -0.4 is 0 Å². The molecule has 4 aromatic carbocycles. The average Bonchev–Trinajstić information content (AvgIpc) is 3.37. The van der Waals surface area contributed by atoms with E-state index in [0.29, 0.717) is 0 Å². The lowest BCUT2D eigenvalue weighted by Crippen LogP contribution is -1.87. The number of para-hydroxylation sites is 2. The van der Waals surface area contributed by atoms with Gasteiger partial charge in [0.2, 0.25) is 0 Å². The Morgan fingerprint density at radius 1 is 0.633 bits per heavy atom. The van der Waals surface area contributed by atoms with Gasteiger partial charge in [-0.2, -0.15) is 0 Å². The Hall–Kier alpha value is -3.69. The summed E-state index contributed by atoms with van der Waals surface area (Å²) in [6.07, 6.45) is 0. The summed E-state index contributed by atoms with van der Waals surface area (Å²) < 4.78 is 8.97. The van der Waals surface area contributed by atoms with Crippen LogP contribution in [0.1, 0.15) is 0 Å². The zero-order valence-corrected chi connectivity index (χ0v) is 16.7. The van der Waals surface area contributed by atoms with Crippen LogP contribution >= 0.6 is 11.3 Å². The van der Waals surface area contributed by atoms with Gasteiger partial charge in [-0.1, -0.05) is 60.7 Å². The fraction of sp³-hybridized carbons (Fsp3) is 0. The molecule has 0 aliphatic carbocycles. The fourth-order valence-electron chi connectivity index (χ4n) is 4.50. The third kappa shape index (κ3) is 2.15. The van der Waals surface area contributed by atoms with Gasteiger partial charge in [-0.15, -0.1) is 11.3 Å². The molecule has 2 nitrogen and oxygen atoms in total. The van der Waals surface area contributed by atoms with Crippen LogP contribution in [0.5, 0.6) is 0 Å². The second-order valence-corrected chi connectivity index (χ2v) is 8.67. The molecule has 7 aromatic rings. The van der Waals surface area contributed by atoms with E-state index < -0.39 is 0 Å². The van der Waals surface area contributed by atoms with E-state index in [1.807, 2.05) is 29.5 Å². The van der Waals surface area contributed by atoms with Crippen LogP contribution in [0.15, 0.2) is 95.4 Å². The highest BCUT2D eigenvalue weighted by Gasteiger charge is 2.18. The second-order valence-electron chi connectivity index (χ2n) is 7.59. The number of rotatable bonds is 1. The predicted molar refractivity (Wildman–Crippen MR) is 127 cm³/mol. The highest BCUT2D eigenvalue weighted by atomic mass is 32.1. The largest absolute Gasteiger partial charge is 0.454 e. The first kappa shape index (κ1) is 16.1. The van der Waals surface area contributed by atoms with Gasteiger partial charge in [-0.3, -0.25) is 0 Å². The molecule has 7 rings (SSSR count). The Labute approximate surface area is 176 Å². The summed E-state index contributed by atoms with van der Waals surface area (Å²) in [7, 11) is 0. The normalized spacial score (nSPS) is 12.0. The number of hydrogen-bond donors (Lipinski definition) is 0. The monoisotopic (exact) mass is 401 g/mol. The summed E-state index contributed by atoms with van der Waals surface area (Å²) in [5, 5.41) is 5.97. The van der Waals surface area contributed by atoms with Crippen molar-refractivity contribution in [1.82, 2.24) is 4.98 Å². The molecule has 140 valence electrons. The molecule has 0 atom stereocenters. The molecule has 0 fully saturated rings. The van der Waals surface area contributed by atoms with Gasteiger partial charge in [0.1, 0.15) is 11.3 Å². The van der Waals surface area contributed by atoms with Crippen molar-refractivity contribution in [3.05, 3.63) is 91.0 Å². The number of thiophene rings is 1. The minimum Gasteiger partial charge on any atom is -0.454 e. The van der Waals surface area contributed by atoms with E-state index >= 15 is 0 Å². The van der Waals surface area contributed by atoms with Crippen molar-refractivity contribution in [1.29, 1.82) is 0 Å². The van der Waals surface area contributed by atoms with Gasteiger partial charge in [0.25, 0.3) is 0 Å². The lowest BCUT2D eigenvalue weighted by Gasteiger charge is -2.06. The van der Waals surface area contributed by atoms with Gasteiger partial charge >= 0.3 is 0 Å². The molecule has 3 aromatic heterocycles. The lowest BCUT2D eigenvalue weighted by molar-refractivity contribution is 0.669. The molecule has 0 saturated heterocycles. The van der Waals surface area contributed by atoms with Gasteiger partial charge in [-0.05, 0) is 30.3 Å². The summed E-state index contributed by atoms with van der Waals surface area (Å²) in [4.78, 5) is 5.05. The van der Waals surface area contributed by atoms with E-state index in [1.165, 1.54) is 20.2 Å². The van der Waals surface area contributed by atoms with Crippen molar-refractivity contribution in [2.24, 2.45) is 0 Å². The number of nitrogens with zero attached hydrogens (tertiary/aromatic N) is 1. The Morgan fingerprint density at radius 2 is 1.37 bits per heavy atom. The van der Waals surface area contributed by atoms with E-state index in [4.69, 9.17) is 9.40 Å². The summed E-state index contributed by atoms with van der Waals surface area (Å²) in [6, 6.07) is 31.8. The first-order chi connectivity index (χ1) is 14.9. The van der Waals surface area contributed by atoms with Crippen LogP contribution in [0.4, 0.5) is 0 Å². The number of pyridine rings is 1. The Kier molecular flexibility index (Phi) is 3.18. The first-order valence-electron chi connectivity index (χ1n) is 9.98. The van der Waals surface area contributed by atoms with E-state index in [2.05, 4.69) is 72.8 Å². The fourth-order valence-corrected chi connectivity index (χ4v) is 5.59. The Balaban J connectivity index is 1.63. The third-order valence-corrected chi connectivity index (χ3v) is 7.02. The smallest absolute Gasteiger partial charge is 0.162 e. The van der Waals surface area contributed by atoms with Gasteiger partial charge in [0, 0.05) is 41.9 Å². The summed E-state index contributed by atoms with van der Waals surface area (Å²) in [5.74, 6) is 0. The van der Waals surface area contributed by atoms with Crippen LogP contribution in [0.25, 0.3) is 64.3 Å². The third-order valence-electron chi connectivity index (χ3n) is 5.87. The van der Waals surface area contributed by atoms with Crippen molar-refractivity contribution < 1.29 is 4.42 Å². The highest BCUT2D eigenvalue weighted by Crippen LogP contribution is 2.41. The maximum absolute atomic E-state index is 6.37. The molecule has 0 saturated carbocycles. The summed E-state index contributed by atoms with van der Waals surface area (Å²) in [6.45, 7) is 0. The molecule has 0 unspecified atom stereocenters. The molecule has 3 heteroatoms. The zero-order chi connectivity index (χ0) is 19.7. The maximum Gasteiger partial charge on any atom is 0.162 e. The number of furan rings is 1. The van der Waals surface area contributed by atoms with Gasteiger partial charge in [0.05, 0.1) is 5.52 Å². The van der Waals surface area contributed by atoms with E-state index in [-0.39, 0.29) is 0 Å². The molecular weight excluding hydrogens is 386 g/mol. The van der Waals surface area contributed by atoms with Crippen molar-refractivity contribution in [3.63, 3.8) is 0 Å². The molecule has 0 aliphatic heterocycles. The number of aromatic nitrogens is 1. The second kappa shape index (κ2) is 5.91. The van der Waals surface area contributed by atoms with Crippen LogP contribution in [0, 0.1) is 0 Å². The first-order valence-corrected chi connectivity index (χ1v) is 10.8. The van der Waals surface area contributed by atoms with Crippen LogP contribution in [0.2, 0.25) is 0 Å². The summed E-state index contributed by atoms with van der Waals surface area (Å²) >= 11 is 1.83. The highest BCUT2D eigenvalue weighted by molar-refractivity contribution is 7.25. The van der Waals surface area contributed by atoms with Gasteiger partial charge in [0.15, 0.2) is 5.58 Å². The number of fused-ring (bicyclic) bond motifs is 8. The molecule has 30 heavy (non-hydrogen) atoms.